The Balaban J connectivity index is 0.625. The van der Waals surface area contributed by atoms with Gasteiger partial charge in [-0.1, -0.05) is 102 Å². The molecule has 0 aliphatic carbocycles. The maximum Gasteiger partial charge on any atom is 0.246 e. The van der Waals surface area contributed by atoms with E-state index in [1.165, 1.54) is 11.0 Å². The first kappa shape index (κ1) is 56.9. The SMILES string of the molecule is Cc1ncsc1-c1ccc(CNC(=O)[C@@H]2C[C@@H](O)CN2C(=O)[C@@H](NC(=O)CCCCCCCCCCNC(=O)CN2CCN(c3cccc(-c4cnc5ccc(N6CCC[C@@H]6c6cccc(F)c6)nn45)n3)CC2)C(C)(C)C)cc1. The van der Waals surface area contributed by atoms with Crippen molar-refractivity contribution in [3.63, 3.8) is 0 Å². The Morgan fingerprint density at radius 3 is 2.30 bits per heavy atom. The fourth-order valence-electron chi connectivity index (χ4n) is 11.1. The number of anilines is 2. The van der Waals surface area contributed by atoms with Gasteiger partial charge in [-0.05, 0) is 91.1 Å². The van der Waals surface area contributed by atoms with Crippen molar-refractivity contribution in [2.45, 2.75) is 136 Å². The van der Waals surface area contributed by atoms with Crippen LogP contribution in [-0.2, 0) is 25.7 Å². The lowest BCUT2D eigenvalue weighted by atomic mass is 9.85. The minimum Gasteiger partial charge on any atom is -0.391 e. The quantitative estimate of drug-likeness (QED) is 0.0450. The number of thiazole rings is 1. The number of β-amino-alcohol motifs (C(OH)–C–C–N with tert-alkyl or cyclic N) is 1. The first-order valence-electron chi connectivity index (χ1n) is 28.3. The van der Waals surface area contributed by atoms with Crippen LogP contribution in [0.1, 0.15) is 121 Å². The summed E-state index contributed by atoms with van der Waals surface area (Å²) < 4.78 is 16.0. The summed E-state index contributed by atoms with van der Waals surface area (Å²) in [6.07, 6.45) is 11.2. The van der Waals surface area contributed by atoms with Crippen LogP contribution >= 0.6 is 11.3 Å². The lowest BCUT2D eigenvalue weighted by Gasteiger charge is -2.35. The first-order valence-corrected chi connectivity index (χ1v) is 29.2. The molecule has 0 radical (unpaired) electrons. The van der Waals surface area contributed by atoms with E-state index in [9.17, 15) is 28.7 Å². The number of aryl methyl sites for hydroxylation is 1. The average molecular weight is 1100 g/mol. The number of piperazine rings is 1. The highest BCUT2D eigenvalue weighted by molar-refractivity contribution is 7.13. The molecule has 420 valence electrons. The molecule has 3 aliphatic rings. The summed E-state index contributed by atoms with van der Waals surface area (Å²) in [4.78, 5) is 76.9. The summed E-state index contributed by atoms with van der Waals surface area (Å²) in [6.45, 7) is 12.9. The molecule has 4 aromatic heterocycles. The summed E-state index contributed by atoms with van der Waals surface area (Å²) in [6, 6.07) is 23.1. The molecule has 7 heterocycles. The number of aromatic nitrogens is 5. The summed E-state index contributed by atoms with van der Waals surface area (Å²) >= 11 is 1.58. The van der Waals surface area contributed by atoms with Gasteiger partial charge in [0.15, 0.2) is 5.65 Å². The van der Waals surface area contributed by atoms with Gasteiger partial charge in [0.05, 0.1) is 46.7 Å². The van der Waals surface area contributed by atoms with Gasteiger partial charge in [0.1, 0.15) is 35.2 Å². The van der Waals surface area contributed by atoms with E-state index in [-0.39, 0.29) is 55.0 Å². The number of hydrogen-bond acceptors (Lipinski definition) is 13. The zero-order chi connectivity index (χ0) is 55.5. The number of aliphatic hydroxyl groups is 1. The van der Waals surface area contributed by atoms with Crippen molar-refractivity contribution in [1.29, 1.82) is 0 Å². The Labute approximate surface area is 467 Å². The van der Waals surface area contributed by atoms with Gasteiger partial charge >= 0.3 is 0 Å². The predicted molar refractivity (Wildman–Crippen MR) is 307 cm³/mol. The van der Waals surface area contributed by atoms with Gasteiger partial charge in [0.2, 0.25) is 23.6 Å². The number of benzene rings is 2. The molecule has 19 heteroatoms. The number of nitrogens with zero attached hydrogens (tertiary/aromatic N) is 9. The first-order chi connectivity index (χ1) is 38.2. The van der Waals surface area contributed by atoms with Gasteiger partial charge in [0, 0.05) is 65.2 Å². The van der Waals surface area contributed by atoms with Crippen molar-refractivity contribution in [3.8, 4) is 21.8 Å². The van der Waals surface area contributed by atoms with Crippen LogP contribution in [0.15, 0.2) is 90.6 Å². The minimum atomic E-state index is -0.853. The number of pyridine rings is 1. The molecule has 0 bridgehead atoms. The second kappa shape index (κ2) is 26.4. The van der Waals surface area contributed by atoms with Crippen molar-refractivity contribution >= 4 is 52.2 Å². The van der Waals surface area contributed by atoms with Crippen LogP contribution in [0.5, 0.6) is 0 Å². The van der Waals surface area contributed by atoms with Gasteiger partial charge < -0.3 is 35.8 Å². The summed E-state index contributed by atoms with van der Waals surface area (Å²) in [5, 5.41) is 24.7. The fraction of sp³-hybridized carbons (Fsp3) is 0.500. The van der Waals surface area contributed by atoms with E-state index in [0.29, 0.717) is 25.9 Å². The standard InChI is InChI=1S/C60H77FN12O5S/c1-41-56(79-40-65-41)43-24-22-42(23-25-43)36-64-58(77)49-35-46(74)38-72(49)59(78)57(60(2,3)4)67-54(75)21-11-9-7-5-6-8-10-12-28-62-55(76)39-69-30-32-70(33-31-69)52-20-14-18-47(66-52)50-37-63-51-26-27-53(68-73(50)51)71-29-15-19-48(71)44-16-13-17-45(61)34-44/h13-14,16-18,20,22-27,34,37,40,46,48-49,57,74H,5-12,15,19,21,28-33,35-36,38-39H2,1-4H3,(H,62,76)(H,64,77)(H,67,75)/t46-,48-,49+,57-/m1/s1. The second-order valence-corrected chi connectivity index (χ2v) is 23.4. The monoisotopic (exact) mass is 1100 g/mol. The highest BCUT2D eigenvalue weighted by atomic mass is 32.1. The van der Waals surface area contributed by atoms with Gasteiger partial charge in [-0.3, -0.25) is 24.1 Å². The number of unbranched alkanes of at least 4 members (excludes halogenated alkanes) is 7. The third-order valence-corrected chi connectivity index (χ3v) is 16.5. The van der Waals surface area contributed by atoms with Crippen LogP contribution in [0.3, 0.4) is 0 Å². The number of aliphatic hydroxyl groups excluding tert-OH is 1. The van der Waals surface area contributed by atoms with Crippen LogP contribution in [0.25, 0.3) is 27.5 Å². The zero-order valence-electron chi connectivity index (χ0n) is 46.2. The van der Waals surface area contributed by atoms with Gasteiger partial charge in [-0.15, -0.1) is 16.4 Å². The Kier molecular flexibility index (Phi) is 19.0. The van der Waals surface area contributed by atoms with Crippen molar-refractivity contribution in [3.05, 3.63) is 113 Å². The van der Waals surface area contributed by atoms with Crippen molar-refractivity contribution in [2.24, 2.45) is 5.41 Å². The number of fused-ring (bicyclic) bond motifs is 1. The maximum atomic E-state index is 14.1. The average Bonchev–Trinajstić information content (AvgIpc) is 4.41. The topological polar surface area (TPSA) is 194 Å². The molecule has 4 N–H and O–H groups in total. The normalized spacial score (nSPS) is 18.3. The molecule has 3 aliphatic heterocycles. The van der Waals surface area contributed by atoms with Crippen LogP contribution in [-0.4, -0.2) is 134 Å². The van der Waals surface area contributed by atoms with E-state index >= 15 is 0 Å². The Morgan fingerprint density at radius 1 is 0.823 bits per heavy atom. The van der Waals surface area contributed by atoms with E-state index in [1.807, 2.05) is 105 Å². The molecule has 0 unspecified atom stereocenters. The number of carbonyl (C=O) groups excluding carboxylic acids is 4. The third-order valence-electron chi connectivity index (χ3n) is 15.6. The number of imidazole rings is 1. The number of nitrogens with one attached hydrogen (secondary N) is 3. The third kappa shape index (κ3) is 14.7. The summed E-state index contributed by atoms with van der Waals surface area (Å²) in [5.74, 6) is 0.619. The Morgan fingerprint density at radius 2 is 1.57 bits per heavy atom. The summed E-state index contributed by atoms with van der Waals surface area (Å²) in [5.41, 5.74) is 7.41. The lowest BCUT2D eigenvalue weighted by Crippen LogP contribution is -2.57. The van der Waals surface area contributed by atoms with E-state index in [0.717, 1.165) is 146 Å². The van der Waals surface area contributed by atoms with Gasteiger partial charge in [0.25, 0.3) is 0 Å². The van der Waals surface area contributed by atoms with Crippen LogP contribution < -0.4 is 25.8 Å². The molecular formula is C60H77FN12O5S. The minimum absolute atomic E-state index is 0.0313. The number of carbonyl (C=O) groups is 4. The largest absolute Gasteiger partial charge is 0.391 e. The summed E-state index contributed by atoms with van der Waals surface area (Å²) in [7, 11) is 0. The fourth-order valence-corrected chi connectivity index (χ4v) is 12.0. The van der Waals surface area contributed by atoms with Crippen LogP contribution in [0, 0.1) is 18.2 Å². The van der Waals surface area contributed by atoms with Gasteiger partial charge in [-0.2, -0.15) is 0 Å². The van der Waals surface area contributed by atoms with Crippen molar-refractivity contribution in [1.82, 2.24) is 50.3 Å². The molecule has 79 heavy (non-hydrogen) atoms. The van der Waals surface area contributed by atoms with E-state index in [2.05, 4.69) is 40.6 Å². The number of hydrogen-bond donors (Lipinski definition) is 4. The molecule has 3 saturated heterocycles. The van der Waals surface area contributed by atoms with Gasteiger partial charge in [-0.25, -0.2) is 23.9 Å². The molecule has 3 fully saturated rings. The van der Waals surface area contributed by atoms with Crippen molar-refractivity contribution < 1.29 is 28.7 Å². The van der Waals surface area contributed by atoms with E-state index < -0.39 is 23.6 Å². The molecule has 0 saturated carbocycles. The number of halogens is 1. The molecule has 2 aromatic carbocycles. The Bertz CT molecular complexity index is 3030. The number of likely N-dealkylation sites (tertiary alicyclic amines) is 1. The smallest absolute Gasteiger partial charge is 0.246 e. The van der Waals surface area contributed by atoms with Crippen LogP contribution in [0.4, 0.5) is 16.0 Å². The highest BCUT2D eigenvalue weighted by Crippen LogP contribution is 2.36. The zero-order valence-corrected chi connectivity index (χ0v) is 47.0. The van der Waals surface area contributed by atoms with E-state index in [1.54, 1.807) is 23.5 Å². The maximum absolute atomic E-state index is 14.1. The highest BCUT2D eigenvalue weighted by Gasteiger charge is 2.44. The number of rotatable bonds is 23. The molecular weight excluding hydrogens is 1020 g/mol. The van der Waals surface area contributed by atoms with E-state index in [4.69, 9.17) is 10.1 Å². The molecule has 4 amide bonds. The molecule has 0 spiro atoms. The molecule has 6 aromatic rings. The van der Waals surface area contributed by atoms with Crippen LogP contribution in [0.2, 0.25) is 0 Å². The molecule has 4 atom stereocenters. The Hall–Kier alpha value is -6.83. The number of amides is 4. The molecule has 9 rings (SSSR count). The lowest BCUT2D eigenvalue weighted by molar-refractivity contribution is -0.144. The second-order valence-electron chi connectivity index (χ2n) is 22.5. The molecule has 17 nitrogen and oxygen atoms in total. The van der Waals surface area contributed by atoms with Crippen molar-refractivity contribution in [2.75, 3.05) is 62.2 Å². The predicted octanol–water partition coefficient (Wildman–Crippen LogP) is 8.26.